The zero-order chi connectivity index (χ0) is 14.0. The number of hydrogen-bond acceptors (Lipinski definition) is 2. The summed E-state index contributed by atoms with van der Waals surface area (Å²) in [6, 6.07) is 4.66. The highest BCUT2D eigenvalue weighted by Gasteiger charge is 2.40. The molecule has 1 heterocycles. The van der Waals surface area contributed by atoms with Crippen molar-refractivity contribution in [2.24, 2.45) is 0 Å². The van der Waals surface area contributed by atoms with Gasteiger partial charge in [0.25, 0.3) is 0 Å². The quantitative estimate of drug-likeness (QED) is 0.896. The maximum Gasteiger partial charge on any atom is 0.471 e. The van der Waals surface area contributed by atoms with Gasteiger partial charge in [-0.1, -0.05) is 18.7 Å². The predicted octanol–water partition coefficient (Wildman–Crippen LogP) is 2.31. The molecule has 6 heteroatoms. The SMILES string of the molecule is C=Cc1ccc2c(c1)CC(NC(=O)C(F)(F)F)CO2. The molecule has 1 atom stereocenters. The summed E-state index contributed by atoms with van der Waals surface area (Å²) in [5, 5.41) is 1.92. The zero-order valence-corrected chi connectivity index (χ0v) is 9.96. The van der Waals surface area contributed by atoms with Gasteiger partial charge in [-0.05, 0) is 29.7 Å². The van der Waals surface area contributed by atoms with Crippen LogP contribution in [-0.4, -0.2) is 24.7 Å². The average Bonchev–Trinajstić information content (AvgIpc) is 2.36. The number of amides is 1. The van der Waals surface area contributed by atoms with Crippen molar-refractivity contribution in [1.82, 2.24) is 5.32 Å². The Morgan fingerprint density at radius 2 is 2.21 bits per heavy atom. The third-order valence-electron chi connectivity index (χ3n) is 2.82. The number of carbonyl (C=O) groups excluding carboxylic acids is 1. The molecule has 1 amide bonds. The molecule has 0 saturated carbocycles. The molecule has 1 unspecified atom stereocenters. The molecule has 1 aromatic carbocycles. The van der Waals surface area contributed by atoms with Crippen LogP contribution in [-0.2, 0) is 11.2 Å². The van der Waals surface area contributed by atoms with Crippen molar-refractivity contribution in [3.63, 3.8) is 0 Å². The van der Waals surface area contributed by atoms with E-state index in [2.05, 4.69) is 6.58 Å². The fraction of sp³-hybridized carbons (Fsp3) is 0.308. The summed E-state index contributed by atoms with van der Waals surface area (Å²) in [5.74, 6) is -1.31. The topological polar surface area (TPSA) is 38.3 Å². The van der Waals surface area contributed by atoms with E-state index in [1.165, 1.54) is 0 Å². The Hall–Kier alpha value is -1.98. The second-order valence-electron chi connectivity index (χ2n) is 4.25. The first kappa shape index (κ1) is 13.5. The van der Waals surface area contributed by atoms with Gasteiger partial charge in [-0.15, -0.1) is 0 Å². The summed E-state index contributed by atoms with van der Waals surface area (Å²) in [6.07, 6.45) is -2.93. The monoisotopic (exact) mass is 271 g/mol. The molecule has 0 saturated heterocycles. The lowest BCUT2D eigenvalue weighted by atomic mass is 10.00. The number of halogens is 3. The van der Waals surface area contributed by atoms with E-state index in [0.717, 1.165) is 11.1 Å². The number of rotatable bonds is 2. The van der Waals surface area contributed by atoms with E-state index < -0.39 is 18.1 Å². The Morgan fingerprint density at radius 1 is 1.47 bits per heavy atom. The summed E-state index contributed by atoms with van der Waals surface area (Å²) in [5.41, 5.74) is 1.61. The average molecular weight is 271 g/mol. The van der Waals surface area contributed by atoms with Crippen LogP contribution in [0.2, 0.25) is 0 Å². The van der Waals surface area contributed by atoms with Crippen molar-refractivity contribution < 1.29 is 22.7 Å². The van der Waals surface area contributed by atoms with Crippen LogP contribution >= 0.6 is 0 Å². The summed E-state index contributed by atoms with van der Waals surface area (Å²) in [7, 11) is 0. The molecule has 0 radical (unpaired) electrons. The van der Waals surface area contributed by atoms with Gasteiger partial charge in [0.05, 0.1) is 6.04 Å². The van der Waals surface area contributed by atoms with E-state index in [-0.39, 0.29) is 6.61 Å². The number of carbonyl (C=O) groups is 1. The molecule has 3 nitrogen and oxygen atoms in total. The van der Waals surface area contributed by atoms with Crippen molar-refractivity contribution in [1.29, 1.82) is 0 Å². The standard InChI is InChI=1S/C13H12F3NO2/c1-2-8-3-4-11-9(5-8)6-10(7-19-11)17-12(18)13(14,15)16/h2-5,10H,1,6-7H2,(H,17,18). The molecular weight excluding hydrogens is 259 g/mol. The molecule has 102 valence electrons. The summed E-state index contributed by atoms with van der Waals surface area (Å²) < 4.78 is 41.8. The lowest BCUT2D eigenvalue weighted by Gasteiger charge is -2.26. The van der Waals surface area contributed by atoms with E-state index in [1.807, 2.05) is 5.32 Å². The number of benzene rings is 1. The maximum absolute atomic E-state index is 12.2. The Labute approximate surface area is 108 Å². The molecule has 0 bridgehead atoms. The minimum absolute atomic E-state index is 0.0300. The van der Waals surface area contributed by atoms with Crippen LogP contribution in [0.5, 0.6) is 5.75 Å². The van der Waals surface area contributed by atoms with Crippen molar-refractivity contribution in [2.45, 2.75) is 18.6 Å². The molecule has 19 heavy (non-hydrogen) atoms. The van der Waals surface area contributed by atoms with Gasteiger partial charge in [0, 0.05) is 0 Å². The van der Waals surface area contributed by atoms with E-state index in [0.29, 0.717) is 12.2 Å². The summed E-state index contributed by atoms with van der Waals surface area (Å²) in [4.78, 5) is 10.9. The molecule has 0 fully saturated rings. The van der Waals surface area contributed by atoms with E-state index >= 15 is 0 Å². The van der Waals surface area contributed by atoms with Crippen molar-refractivity contribution >= 4 is 12.0 Å². The highest BCUT2D eigenvalue weighted by atomic mass is 19.4. The summed E-state index contributed by atoms with van der Waals surface area (Å²) in [6.45, 7) is 3.65. The van der Waals surface area contributed by atoms with Gasteiger partial charge in [-0.3, -0.25) is 4.79 Å². The molecule has 0 aliphatic carbocycles. The van der Waals surface area contributed by atoms with E-state index in [9.17, 15) is 18.0 Å². The molecule has 0 spiro atoms. The molecular formula is C13H12F3NO2. The predicted molar refractivity (Wildman–Crippen MR) is 63.7 cm³/mol. The first-order valence-electron chi connectivity index (χ1n) is 5.66. The second kappa shape index (κ2) is 4.95. The van der Waals surface area contributed by atoms with Gasteiger partial charge in [-0.2, -0.15) is 13.2 Å². The Balaban J connectivity index is 2.09. The normalized spacial score (nSPS) is 18.2. The third-order valence-corrected chi connectivity index (χ3v) is 2.82. The largest absolute Gasteiger partial charge is 0.491 e. The first-order valence-corrected chi connectivity index (χ1v) is 5.66. The van der Waals surface area contributed by atoms with Gasteiger partial charge < -0.3 is 10.1 Å². The first-order chi connectivity index (χ1) is 8.90. The Bertz CT molecular complexity index is 511. The number of fused-ring (bicyclic) bond motifs is 1. The van der Waals surface area contributed by atoms with Crippen LogP contribution < -0.4 is 10.1 Å². The van der Waals surface area contributed by atoms with Crippen molar-refractivity contribution in [2.75, 3.05) is 6.61 Å². The fourth-order valence-electron chi connectivity index (χ4n) is 1.90. The molecule has 1 N–H and O–H groups in total. The number of alkyl halides is 3. The van der Waals surface area contributed by atoms with Crippen LogP contribution in [0.25, 0.3) is 6.08 Å². The third kappa shape index (κ3) is 3.07. The van der Waals surface area contributed by atoms with Crippen molar-refractivity contribution in [3.05, 3.63) is 35.9 Å². The van der Waals surface area contributed by atoms with Crippen LogP contribution in [0.4, 0.5) is 13.2 Å². The van der Waals surface area contributed by atoms with Gasteiger partial charge >= 0.3 is 12.1 Å². The number of hydrogen-bond donors (Lipinski definition) is 1. The highest BCUT2D eigenvalue weighted by molar-refractivity contribution is 5.82. The number of nitrogens with one attached hydrogen (secondary N) is 1. The van der Waals surface area contributed by atoms with Gasteiger partial charge in [0.1, 0.15) is 12.4 Å². The van der Waals surface area contributed by atoms with Crippen molar-refractivity contribution in [3.8, 4) is 5.75 Å². The van der Waals surface area contributed by atoms with Gasteiger partial charge in [0.15, 0.2) is 0 Å². The Morgan fingerprint density at radius 3 is 2.84 bits per heavy atom. The van der Waals surface area contributed by atoms with Gasteiger partial charge in [-0.25, -0.2) is 0 Å². The minimum Gasteiger partial charge on any atom is -0.491 e. The minimum atomic E-state index is -4.87. The fourth-order valence-corrected chi connectivity index (χ4v) is 1.90. The lowest BCUT2D eigenvalue weighted by molar-refractivity contribution is -0.174. The maximum atomic E-state index is 12.2. The lowest BCUT2D eigenvalue weighted by Crippen LogP contribution is -2.47. The van der Waals surface area contributed by atoms with Crippen LogP contribution in [0, 0.1) is 0 Å². The van der Waals surface area contributed by atoms with Crippen LogP contribution in [0.15, 0.2) is 24.8 Å². The Kier molecular flexibility index (Phi) is 3.50. The molecule has 2 rings (SSSR count). The highest BCUT2D eigenvalue weighted by Crippen LogP contribution is 2.26. The van der Waals surface area contributed by atoms with Gasteiger partial charge in [0.2, 0.25) is 0 Å². The van der Waals surface area contributed by atoms with E-state index in [1.54, 1.807) is 24.3 Å². The van der Waals surface area contributed by atoms with E-state index in [4.69, 9.17) is 4.74 Å². The molecule has 1 aliphatic heterocycles. The molecule has 1 aliphatic rings. The number of ether oxygens (including phenoxy) is 1. The van der Waals surface area contributed by atoms with Crippen LogP contribution in [0.3, 0.4) is 0 Å². The molecule has 0 aromatic heterocycles. The summed E-state index contributed by atoms with van der Waals surface area (Å²) >= 11 is 0. The molecule has 1 aromatic rings. The second-order valence-corrected chi connectivity index (χ2v) is 4.25. The smallest absolute Gasteiger partial charge is 0.471 e. The van der Waals surface area contributed by atoms with Crippen LogP contribution in [0.1, 0.15) is 11.1 Å². The zero-order valence-electron chi connectivity index (χ0n) is 9.96.